The van der Waals surface area contributed by atoms with E-state index in [1.807, 2.05) is 36.4 Å². The fourth-order valence-corrected chi connectivity index (χ4v) is 3.28. The Bertz CT molecular complexity index is 1210. The Kier molecular flexibility index (Phi) is 12.7. The highest BCUT2D eigenvalue weighted by Crippen LogP contribution is 2.31. The number of hydrogen-bond donors (Lipinski definition) is 5. The van der Waals surface area contributed by atoms with Gasteiger partial charge in [0.1, 0.15) is 11.5 Å². The molecule has 40 heavy (non-hydrogen) atoms. The predicted octanol–water partition coefficient (Wildman–Crippen LogP) is 3.90. The van der Waals surface area contributed by atoms with Crippen LogP contribution in [-0.4, -0.2) is 82.1 Å². The molecule has 0 aliphatic carbocycles. The molecule has 2 amide bonds. The lowest BCUT2D eigenvalue weighted by Crippen LogP contribution is -2.35. The summed E-state index contributed by atoms with van der Waals surface area (Å²) in [7, 11) is 1.60. The summed E-state index contributed by atoms with van der Waals surface area (Å²) in [4.78, 5) is 23.7. The summed E-state index contributed by atoms with van der Waals surface area (Å²) in [5.74, 6) is -1.55. The van der Waals surface area contributed by atoms with Crippen LogP contribution in [-0.2, 0) is 11.3 Å². The number of aliphatic hydroxyl groups excluding tert-OH is 2. The molecule has 0 spiro atoms. The molecular formula is C26H31F3N4O7. The van der Waals surface area contributed by atoms with Crippen LogP contribution in [0, 0.1) is 0 Å². The molecular weight excluding hydrogens is 537 g/mol. The minimum absolute atomic E-state index is 0.0125. The molecule has 3 aromatic rings. The normalized spacial score (nSPS) is 10.8. The van der Waals surface area contributed by atoms with E-state index in [2.05, 4.69) is 15.5 Å². The van der Waals surface area contributed by atoms with Crippen molar-refractivity contribution >= 4 is 17.7 Å². The van der Waals surface area contributed by atoms with Crippen LogP contribution in [0.15, 0.2) is 54.9 Å². The standard InChI is InChI=1S/C24H30N4O5.C2HF3O2/c1-32-21-6-2-5-18(13-21)17-28(9-3-10-29)24(31)27-22-8-7-19(20-15-25-26-16-20)14-23(22)33-12-4-11-30;3-2(4,5)1(6)7/h2,5-8,13-16,29-30H,3-4,9-12,17H2,1H3,(H,25,26)(H,27,31);(H,6,7). The number of ether oxygens (including phenoxy) is 2. The summed E-state index contributed by atoms with van der Waals surface area (Å²) in [6, 6.07) is 12.7. The minimum Gasteiger partial charge on any atom is -0.497 e. The molecule has 218 valence electrons. The number of aromatic amines is 1. The topological polar surface area (TPSA) is 157 Å². The van der Waals surface area contributed by atoms with Crippen LogP contribution in [0.3, 0.4) is 0 Å². The van der Waals surface area contributed by atoms with Crippen molar-refractivity contribution in [1.29, 1.82) is 0 Å². The summed E-state index contributed by atoms with van der Waals surface area (Å²) in [6.45, 7) is 1.05. The van der Waals surface area contributed by atoms with Crippen molar-refractivity contribution in [2.24, 2.45) is 0 Å². The molecule has 2 aromatic carbocycles. The van der Waals surface area contributed by atoms with Gasteiger partial charge < -0.3 is 35.0 Å². The van der Waals surface area contributed by atoms with Crippen LogP contribution in [0.4, 0.5) is 23.7 Å². The SMILES string of the molecule is COc1cccc(CN(CCCO)C(=O)Nc2ccc(-c3cn[nH]c3)cc2OCCCO)c1.O=C(O)C(F)(F)F. The Morgan fingerprint density at radius 2 is 1.80 bits per heavy atom. The van der Waals surface area contributed by atoms with Crippen molar-refractivity contribution < 1.29 is 47.6 Å². The van der Waals surface area contributed by atoms with Crippen LogP contribution in [0.5, 0.6) is 11.5 Å². The molecule has 14 heteroatoms. The molecule has 0 fully saturated rings. The highest BCUT2D eigenvalue weighted by molar-refractivity contribution is 5.91. The number of urea groups is 1. The number of methoxy groups -OCH3 is 1. The van der Waals surface area contributed by atoms with Gasteiger partial charge in [0.2, 0.25) is 0 Å². The maximum atomic E-state index is 13.2. The third kappa shape index (κ3) is 10.5. The molecule has 0 atom stereocenters. The number of alkyl halides is 3. The van der Waals surface area contributed by atoms with E-state index in [9.17, 15) is 23.1 Å². The number of anilines is 1. The van der Waals surface area contributed by atoms with Crippen LogP contribution < -0.4 is 14.8 Å². The van der Waals surface area contributed by atoms with Gasteiger partial charge in [0, 0.05) is 44.5 Å². The molecule has 0 aliphatic rings. The number of carboxylic acid groups (broad SMARTS) is 1. The van der Waals surface area contributed by atoms with Crippen LogP contribution in [0.1, 0.15) is 18.4 Å². The van der Waals surface area contributed by atoms with Crippen molar-refractivity contribution in [2.45, 2.75) is 25.6 Å². The number of aliphatic hydroxyl groups is 2. The fraction of sp³-hybridized carbons (Fsp3) is 0.346. The largest absolute Gasteiger partial charge is 0.497 e. The number of carboxylic acids is 1. The number of hydrogen-bond acceptors (Lipinski definition) is 7. The first-order chi connectivity index (χ1) is 19.1. The van der Waals surface area contributed by atoms with E-state index < -0.39 is 12.1 Å². The fourth-order valence-electron chi connectivity index (χ4n) is 3.28. The number of halogens is 3. The number of nitrogens with one attached hydrogen (secondary N) is 2. The van der Waals surface area contributed by atoms with Gasteiger partial charge in [0.25, 0.3) is 0 Å². The second-order valence-corrected chi connectivity index (χ2v) is 8.21. The lowest BCUT2D eigenvalue weighted by Gasteiger charge is -2.24. The monoisotopic (exact) mass is 568 g/mol. The summed E-state index contributed by atoms with van der Waals surface area (Å²) in [5, 5.41) is 35.2. The predicted molar refractivity (Wildman–Crippen MR) is 139 cm³/mol. The molecule has 11 nitrogen and oxygen atoms in total. The number of aromatic nitrogens is 2. The van der Waals surface area contributed by atoms with Gasteiger partial charge >= 0.3 is 18.2 Å². The van der Waals surface area contributed by atoms with Gasteiger partial charge in [0.15, 0.2) is 0 Å². The van der Waals surface area contributed by atoms with E-state index in [-0.39, 0.29) is 19.2 Å². The number of nitrogens with zero attached hydrogens (tertiary/aromatic N) is 2. The smallest absolute Gasteiger partial charge is 0.490 e. The Hall–Kier alpha value is -4.30. The number of H-pyrrole nitrogens is 1. The summed E-state index contributed by atoms with van der Waals surface area (Å²) >= 11 is 0. The molecule has 0 bridgehead atoms. The van der Waals surface area contributed by atoms with E-state index in [0.29, 0.717) is 49.7 Å². The Balaban J connectivity index is 0.000000708. The number of amides is 2. The first-order valence-electron chi connectivity index (χ1n) is 12.1. The number of carbonyl (C=O) groups is 2. The van der Waals surface area contributed by atoms with Gasteiger partial charge in [-0.2, -0.15) is 18.3 Å². The summed E-state index contributed by atoms with van der Waals surface area (Å²) < 4.78 is 42.9. The highest BCUT2D eigenvalue weighted by Gasteiger charge is 2.38. The average molecular weight is 569 g/mol. The zero-order valence-corrected chi connectivity index (χ0v) is 21.6. The van der Waals surface area contributed by atoms with Crippen molar-refractivity contribution in [3.63, 3.8) is 0 Å². The molecule has 1 heterocycles. The summed E-state index contributed by atoms with van der Waals surface area (Å²) in [6.07, 6.45) is -0.676. The number of aliphatic carboxylic acids is 1. The van der Waals surface area contributed by atoms with Gasteiger partial charge in [-0.05, 0) is 41.8 Å². The third-order valence-corrected chi connectivity index (χ3v) is 5.24. The Labute approximate surface area is 228 Å². The molecule has 0 saturated heterocycles. The van der Waals surface area contributed by atoms with Crippen LogP contribution >= 0.6 is 0 Å². The zero-order chi connectivity index (χ0) is 29.5. The van der Waals surface area contributed by atoms with Crippen molar-refractivity contribution in [1.82, 2.24) is 15.1 Å². The molecule has 0 radical (unpaired) electrons. The number of rotatable bonds is 12. The first kappa shape index (κ1) is 31.9. The Morgan fingerprint density at radius 1 is 1.07 bits per heavy atom. The van der Waals surface area contributed by atoms with E-state index in [0.717, 1.165) is 16.7 Å². The van der Waals surface area contributed by atoms with Gasteiger partial charge in [-0.3, -0.25) is 5.10 Å². The van der Waals surface area contributed by atoms with Crippen LogP contribution in [0.2, 0.25) is 0 Å². The van der Waals surface area contributed by atoms with Crippen molar-refractivity contribution in [3.05, 3.63) is 60.4 Å². The number of benzene rings is 2. The van der Waals surface area contributed by atoms with Crippen LogP contribution in [0.25, 0.3) is 11.1 Å². The molecule has 1 aromatic heterocycles. The molecule has 0 unspecified atom stereocenters. The third-order valence-electron chi connectivity index (χ3n) is 5.24. The van der Waals surface area contributed by atoms with Gasteiger partial charge in [-0.15, -0.1) is 0 Å². The van der Waals surface area contributed by atoms with Gasteiger partial charge in [-0.1, -0.05) is 18.2 Å². The van der Waals surface area contributed by atoms with Gasteiger partial charge in [0.05, 0.1) is 25.6 Å². The average Bonchev–Trinajstić information content (AvgIpc) is 3.47. The Morgan fingerprint density at radius 3 is 2.40 bits per heavy atom. The maximum Gasteiger partial charge on any atom is 0.490 e. The molecule has 5 N–H and O–H groups in total. The van der Waals surface area contributed by atoms with Crippen molar-refractivity contribution in [3.8, 4) is 22.6 Å². The van der Waals surface area contributed by atoms with E-state index in [1.54, 1.807) is 30.5 Å². The highest BCUT2D eigenvalue weighted by atomic mass is 19.4. The van der Waals surface area contributed by atoms with E-state index >= 15 is 0 Å². The van der Waals surface area contributed by atoms with E-state index in [1.165, 1.54) is 0 Å². The molecule has 3 rings (SSSR count). The number of carbonyl (C=O) groups excluding carboxylic acids is 1. The van der Waals surface area contributed by atoms with Gasteiger partial charge in [-0.25, -0.2) is 9.59 Å². The first-order valence-corrected chi connectivity index (χ1v) is 12.1. The zero-order valence-electron chi connectivity index (χ0n) is 21.6. The second kappa shape index (κ2) is 16.0. The quantitative estimate of drug-likeness (QED) is 0.206. The van der Waals surface area contributed by atoms with Crippen molar-refractivity contribution in [2.75, 3.05) is 38.8 Å². The minimum atomic E-state index is -5.08. The molecule has 0 saturated carbocycles. The molecule has 0 aliphatic heterocycles. The summed E-state index contributed by atoms with van der Waals surface area (Å²) in [5.41, 5.74) is 3.21. The lowest BCUT2D eigenvalue weighted by atomic mass is 10.1. The maximum absolute atomic E-state index is 13.2. The lowest BCUT2D eigenvalue weighted by molar-refractivity contribution is -0.192. The van der Waals surface area contributed by atoms with E-state index in [4.69, 9.17) is 24.5 Å². The second-order valence-electron chi connectivity index (χ2n) is 8.21.